The van der Waals surface area contributed by atoms with Gasteiger partial charge >= 0.3 is 11.9 Å². The second-order valence-electron chi connectivity index (χ2n) is 13.2. The first-order chi connectivity index (χ1) is 23.4. The molecule has 2 aliphatic rings. The Morgan fingerprint density at radius 3 is 2.02 bits per heavy atom. The topological polar surface area (TPSA) is 105 Å². The molecule has 49 heavy (non-hydrogen) atoms. The van der Waals surface area contributed by atoms with Gasteiger partial charge in [0.15, 0.2) is 12.3 Å². The van der Waals surface area contributed by atoms with E-state index in [-0.39, 0.29) is 12.8 Å². The number of anilines is 1. The predicted octanol–water partition coefficient (Wildman–Crippen LogP) is 9.03. The van der Waals surface area contributed by atoms with Crippen LogP contribution in [0.3, 0.4) is 0 Å². The molecule has 0 aromatic heterocycles. The van der Waals surface area contributed by atoms with Gasteiger partial charge in [0.05, 0.1) is 23.5 Å². The number of hydrogen-bond acceptors (Lipinski definition) is 4. The Morgan fingerprint density at radius 2 is 1.41 bits per heavy atom. The van der Waals surface area contributed by atoms with Crippen LogP contribution in [0.2, 0.25) is 0 Å². The lowest BCUT2D eigenvalue weighted by molar-refractivity contribution is -0.436. The van der Waals surface area contributed by atoms with E-state index in [1.165, 1.54) is 0 Å². The van der Waals surface area contributed by atoms with Crippen molar-refractivity contribution in [2.24, 2.45) is 0 Å². The van der Waals surface area contributed by atoms with Crippen LogP contribution in [-0.2, 0) is 20.4 Å². The monoisotopic (exact) mass is 654 g/mol. The lowest BCUT2D eigenvalue weighted by Crippen LogP contribution is -2.28. The summed E-state index contributed by atoms with van der Waals surface area (Å²) in [5, 5.41) is 33.8. The molecular weight excluding hydrogens is 610 g/mol. The molecule has 7 nitrogen and oxygen atoms in total. The third kappa shape index (κ3) is 6.39. The maximum Gasteiger partial charge on any atom is 0.309 e. The summed E-state index contributed by atoms with van der Waals surface area (Å²) < 4.78 is 2.06. The van der Waals surface area contributed by atoms with Crippen molar-refractivity contribution in [1.82, 2.24) is 0 Å². The summed E-state index contributed by atoms with van der Waals surface area (Å²) >= 11 is 0. The largest absolute Gasteiger partial charge is 0.481 e. The van der Waals surface area contributed by atoms with Crippen molar-refractivity contribution in [2.75, 3.05) is 18.0 Å². The molecule has 7 heteroatoms. The molecule has 0 spiro atoms. The van der Waals surface area contributed by atoms with E-state index in [9.17, 15) is 25.1 Å². The summed E-state index contributed by atoms with van der Waals surface area (Å²) in [7, 11) is 0. The molecule has 6 rings (SSSR count). The van der Waals surface area contributed by atoms with E-state index in [0.717, 1.165) is 55.5 Å². The van der Waals surface area contributed by atoms with Crippen molar-refractivity contribution in [3.8, 4) is 6.07 Å². The van der Waals surface area contributed by atoms with Gasteiger partial charge in [-0.1, -0.05) is 82.3 Å². The Labute approximate surface area is 288 Å². The maximum atomic E-state index is 11.6. The van der Waals surface area contributed by atoms with Gasteiger partial charge in [0.25, 0.3) is 0 Å². The molecule has 2 heterocycles. The molecule has 0 saturated heterocycles. The predicted molar refractivity (Wildman–Crippen MR) is 198 cm³/mol. The molecule has 2 aliphatic heterocycles. The van der Waals surface area contributed by atoms with Crippen molar-refractivity contribution in [3.05, 3.63) is 119 Å². The highest BCUT2D eigenvalue weighted by Crippen LogP contribution is 2.51. The number of carboxylic acid groups (broad SMARTS) is 2. The van der Waals surface area contributed by atoms with Crippen LogP contribution in [0.4, 0.5) is 11.4 Å². The lowest BCUT2D eigenvalue weighted by Gasteiger charge is -2.26. The van der Waals surface area contributed by atoms with Crippen molar-refractivity contribution in [1.29, 1.82) is 5.26 Å². The fourth-order valence-electron chi connectivity index (χ4n) is 7.43. The fourth-order valence-corrected chi connectivity index (χ4v) is 7.43. The zero-order chi connectivity index (χ0) is 35.5. The third-order valence-corrected chi connectivity index (χ3v) is 9.58. The molecule has 0 radical (unpaired) electrons. The smallest absolute Gasteiger partial charge is 0.309 e. The van der Waals surface area contributed by atoms with Crippen LogP contribution < -0.4 is 4.90 Å². The first kappa shape index (κ1) is 34.8. The summed E-state index contributed by atoms with van der Waals surface area (Å²) in [5.41, 5.74) is 5.59. The molecule has 0 amide bonds. The molecular formula is C42H44N3O4+. The second kappa shape index (κ2) is 13.9. The molecule has 0 aliphatic carbocycles. The Kier molecular flexibility index (Phi) is 9.91. The molecule has 0 atom stereocenters. The molecule has 4 aromatic carbocycles. The van der Waals surface area contributed by atoms with E-state index in [4.69, 9.17) is 0 Å². The van der Waals surface area contributed by atoms with E-state index < -0.39 is 22.8 Å². The Morgan fingerprint density at radius 1 is 0.816 bits per heavy atom. The maximum absolute atomic E-state index is 11.6. The number of nitriles is 1. The van der Waals surface area contributed by atoms with Crippen LogP contribution in [0.25, 0.3) is 21.5 Å². The summed E-state index contributed by atoms with van der Waals surface area (Å²) in [6, 6.07) is 27.0. The van der Waals surface area contributed by atoms with Gasteiger partial charge < -0.3 is 15.1 Å². The van der Waals surface area contributed by atoms with E-state index in [1.54, 1.807) is 12.2 Å². The number of carboxylic acids is 2. The van der Waals surface area contributed by atoms with E-state index in [1.807, 2.05) is 50.3 Å². The Hall–Kier alpha value is -5.48. The Balaban J connectivity index is 0.00000230. The number of fused-ring (bicyclic) bond motifs is 6. The van der Waals surface area contributed by atoms with Gasteiger partial charge in [-0.25, -0.2) is 0 Å². The van der Waals surface area contributed by atoms with Gasteiger partial charge in [0.2, 0.25) is 5.69 Å². The van der Waals surface area contributed by atoms with Crippen LogP contribution in [-0.4, -0.2) is 45.5 Å². The van der Waals surface area contributed by atoms with Crippen LogP contribution in [0.1, 0.15) is 65.5 Å². The molecule has 2 N–H and O–H groups in total. The van der Waals surface area contributed by atoms with Crippen LogP contribution in [0.5, 0.6) is 0 Å². The molecule has 0 saturated carbocycles. The van der Waals surface area contributed by atoms with E-state index in [0.29, 0.717) is 18.7 Å². The molecule has 0 bridgehead atoms. The second-order valence-corrected chi connectivity index (χ2v) is 13.2. The van der Waals surface area contributed by atoms with Gasteiger partial charge in [-0.15, -0.1) is 0 Å². The van der Waals surface area contributed by atoms with Gasteiger partial charge in [0.1, 0.15) is 6.42 Å². The molecule has 0 unspecified atom stereocenters. The highest BCUT2D eigenvalue weighted by Gasteiger charge is 2.46. The highest BCUT2D eigenvalue weighted by atomic mass is 16.4. The number of benzene rings is 4. The van der Waals surface area contributed by atoms with Crippen LogP contribution in [0.15, 0.2) is 108 Å². The zero-order valence-electron chi connectivity index (χ0n) is 29.1. The average Bonchev–Trinajstić information content (AvgIpc) is 3.45. The standard InChI is InChI=1S/C40H37N3O4.C2H6/c1-39(2)33(42(23-21-35(44)45)31-17-15-27-9-5-7-11-29(27)37(31)39)19-13-26(25-41)14-20-34-40(3,4)38-30-12-8-6-10-28(30)16-18-32(38)43(34)24-22-36(46)47;1-2/h5-20H,21-24H2,1-4H3,(H-,44,45,46,47);1-2H3/p+1. The van der Waals surface area contributed by atoms with Crippen molar-refractivity contribution in [2.45, 2.75) is 65.2 Å². The fraction of sp³-hybridized carbons (Fsp3) is 0.286. The lowest BCUT2D eigenvalue weighted by atomic mass is 9.79. The van der Waals surface area contributed by atoms with Crippen molar-refractivity contribution < 1.29 is 24.4 Å². The number of allylic oxidation sites excluding steroid dienone is 6. The number of carbonyl (C=O) groups is 2. The van der Waals surface area contributed by atoms with Gasteiger partial charge in [-0.2, -0.15) is 9.84 Å². The highest BCUT2D eigenvalue weighted by molar-refractivity contribution is 6.08. The summed E-state index contributed by atoms with van der Waals surface area (Å²) in [5.74, 6) is -1.74. The van der Waals surface area contributed by atoms with Crippen LogP contribution in [0, 0.1) is 11.3 Å². The third-order valence-electron chi connectivity index (χ3n) is 9.58. The van der Waals surface area contributed by atoms with E-state index in [2.05, 4.69) is 91.8 Å². The number of nitrogens with zero attached hydrogens (tertiary/aromatic N) is 3. The minimum Gasteiger partial charge on any atom is -0.481 e. The Bertz CT molecular complexity index is 2130. The van der Waals surface area contributed by atoms with Gasteiger partial charge in [0, 0.05) is 41.1 Å². The van der Waals surface area contributed by atoms with Crippen molar-refractivity contribution in [3.63, 3.8) is 0 Å². The summed E-state index contributed by atoms with van der Waals surface area (Å²) in [6.45, 7) is 13.2. The zero-order valence-corrected chi connectivity index (χ0v) is 29.1. The minimum atomic E-state index is -0.870. The minimum absolute atomic E-state index is 0.0246. The average molecular weight is 655 g/mol. The number of aliphatic carboxylic acids is 2. The first-order valence-electron chi connectivity index (χ1n) is 16.9. The van der Waals surface area contributed by atoms with E-state index >= 15 is 0 Å². The molecule has 0 fully saturated rings. The first-order valence-corrected chi connectivity index (χ1v) is 16.9. The number of hydrogen-bond donors (Lipinski definition) is 2. The normalized spacial score (nSPS) is 16.9. The quantitative estimate of drug-likeness (QED) is 0.106. The summed E-state index contributed by atoms with van der Waals surface area (Å²) in [6.07, 6.45) is 7.42. The van der Waals surface area contributed by atoms with Crippen molar-refractivity contribution >= 4 is 50.6 Å². The summed E-state index contributed by atoms with van der Waals surface area (Å²) in [4.78, 5) is 25.3. The molecule has 250 valence electrons. The SMILES string of the molecule is CC.CC1(C)C(/C=C/C(C#N)=C/C=C2/N(CCC(=O)O)c3ccc4ccccc4c3C2(C)C)=[N+](CCC(=O)O)c2ccc3ccccc3c21. The van der Waals surface area contributed by atoms with Gasteiger partial charge in [-0.3, -0.25) is 9.59 Å². The number of rotatable bonds is 9. The van der Waals surface area contributed by atoms with Gasteiger partial charge in [-0.05, 0) is 71.3 Å². The molecule has 4 aromatic rings. The van der Waals surface area contributed by atoms with Crippen LogP contribution >= 0.6 is 0 Å².